The SMILES string of the molecule is CC1CCC(=NNc2ccc3ccccc3n2)CC1. The van der Waals surface area contributed by atoms with Gasteiger partial charge in [-0.15, -0.1) is 0 Å². The predicted molar refractivity (Wildman–Crippen MR) is 80.4 cm³/mol. The van der Waals surface area contributed by atoms with Crippen molar-refractivity contribution in [3.05, 3.63) is 36.4 Å². The van der Waals surface area contributed by atoms with E-state index in [1.807, 2.05) is 24.3 Å². The topological polar surface area (TPSA) is 37.3 Å². The quantitative estimate of drug-likeness (QED) is 0.814. The molecule has 3 rings (SSSR count). The van der Waals surface area contributed by atoms with E-state index in [-0.39, 0.29) is 0 Å². The van der Waals surface area contributed by atoms with Crippen LogP contribution in [-0.2, 0) is 0 Å². The van der Waals surface area contributed by atoms with Gasteiger partial charge in [0, 0.05) is 11.1 Å². The minimum Gasteiger partial charge on any atom is -0.261 e. The summed E-state index contributed by atoms with van der Waals surface area (Å²) < 4.78 is 0. The molecule has 0 spiro atoms. The smallest absolute Gasteiger partial charge is 0.146 e. The molecule has 0 unspecified atom stereocenters. The molecule has 3 nitrogen and oxygen atoms in total. The van der Waals surface area contributed by atoms with Gasteiger partial charge in [-0.05, 0) is 49.8 Å². The van der Waals surface area contributed by atoms with E-state index >= 15 is 0 Å². The van der Waals surface area contributed by atoms with Crippen molar-refractivity contribution in [1.82, 2.24) is 4.98 Å². The summed E-state index contributed by atoms with van der Waals surface area (Å²) in [5, 5.41) is 5.66. The molecule has 1 N–H and O–H groups in total. The molecule has 0 bridgehead atoms. The lowest BCUT2D eigenvalue weighted by atomic mass is 9.90. The summed E-state index contributed by atoms with van der Waals surface area (Å²) in [6.45, 7) is 2.31. The zero-order valence-corrected chi connectivity index (χ0v) is 11.3. The van der Waals surface area contributed by atoms with Gasteiger partial charge in [-0.1, -0.05) is 25.1 Å². The van der Waals surface area contributed by atoms with Crippen molar-refractivity contribution in [3.8, 4) is 0 Å². The highest BCUT2D eigenvalue weighted by molar-refractivity contribution is 5.86. The summed E-state index contributed by atoms with van der Waals surface area (Å²) in [6, 6.07) is 12.2. The number of aromatic nitrogens is 1. The zero-order chi connectivity index (χ0) is 13.1. The van der Waals surface area contributed by atoms with Crippen LogP contribution in [0.2, 0.25) is 0 Å². The highest BCUT2D eigenvalue weighted by Crippen LogP contribution is 2.21. The Morgan fingerprint density at radius 3 is 2.74 bits per heavy atom. The monoisotopic (exact) mass is 253 g/mol. The van der Waals surface area contributed by atoms with E-state index in [0.29, 0.717) is 0 Å². The lowest BCUT2D eigenvalue weighted by Crippen LogP contribution is -2.13. The average molecular weight is 253 g/mol. The molecule has 0 radical (unpaired) electrons. The first-order valence-electron chi connectivity index (χ1n) is 6.98. The normalized spacial score (nSPS) is 19.4. The van der Waals surface area contributed by atoms with E-state index in [2.05, 4.69) is 34.6 Å². The van der Waals surface area contributed by atoms with Gasteiger partial charge in [0.1, 0.15) is 5.82 Å². The minimum absolute atomic E-state index is 0.824. The van der Waals surface area contributed by atoms with E-state index in [1.54, 1.807) is 0 Å². The van der Waals surface area contributed by atoms with Crippen LogP contribution < -0.4 is 5.43 Å². The number of fused-ring (bicyclic) bond motifs is 1. The van der Waals surface area contributed by atoms with Gasteiger partial charge in [-0.2, -0.15) is 5.10 Å². The molecule has 0 atom stereocenters. The predicted octanol–water partition coefficient (Wildman–Crippen LogP) is 4.21. The van der Waals surface area contributed by atoms with Crippen molar-refractivity contribution in [2.45, 2.75) is 32.6 Å². The summed E-state index contributed by atoms with van der Waals surface area (Å²) in [5.74, 6) is 1.67. The molecule has 3 heteroatoms. The molecule has 1 saturated carbocycles. The van der Waals surface area contributed by atoms with E-state index < -0.39 is 0 Å². The lowest BCUT2D eigenvalue weighted by Gasteiger charge is -2.18. The zero-order valence-electron chi connectivity index (χ0n) is 11.3. The van der Waals surface area contributed by atoms with Crippen molar-refractivity contribution in [2.24, 2.45) is 11.0 Å². The fourth-order valence-corrected chi connectivity index (χ4v) is 2.47. The van der Waals surface area contributed by atoms with Crippen LogP contribution in [0.3, 0.4) is 0 Å². The van der Waals surface area contributed by atoms with Crippen LogP contribution in [-0.4, -0.2) is 10.7 Å². The molecule has 0 aliphatic heterocycles. The van der Waals surface area contributed by atoms with Gasteiger partial charge >= 0.3 is 0 Å². The summed E-state index contributed by atoms with van der Waals surface area (Å²) in [5.41, 5.74) is 5.37. The number of benzene rings is 1. The first-order chi connectivity index (χ1) is 9.31. The van der Waals surface area contributed by atoms with Crippen molar-refractivity contribution < 1.29 is 0 Å². The lowest BCUT2D eigenvalue weighted by molar-refractivity contribution is 0.483. The van der Waals surface area contributed by atoms with Crippen LogP contribution in [0.15, 0.2) is 41.5 Å². The van der Waals surface area contributed by atoms with Crippen LogP contribution in [0.25, 0.3) is 10.9 Å². The molecule has 1 heterocycles. The first kappa shape index (κ1) is 12.2. The highest BCUT2D eigenvalue weighted by Gasteiger charge is 2.13. The van der Waals surface area contributed by atoms with Crippen LogP contribution >= 0.6 is 0 Å². The number of hydrazone groups is 1. The second-order valence-electron chi connectivity index (χ2n) is 5.36. The second kappa shape index (κ2) is 5.39. The molecule has 0 amide bonds. The van der Waals surface area contributed by atoms with E-state index in [0.717, 1.165) is 35.5 Å². The molecule has 1 fully saturated rings. The third kappa shape index (κ3) is 2.92. The number of hydrogen-bond acceptors (Lipinski definition) is 3. The maximum Gasteiger partial charge on any atom is 0.146 e. The molecule has 1 aliphatic carbocycles. The van der Waals surface area contributed by atoms with Gasteiger partial charge in [0.25, 0.3) is 0 Å². The van der Waals surface area contributed by atoms with Crippen LogP contribution in [0.5, 0.6) is 0 Å². The molecule has 1 aromatic heterocycles. The maximum atomic E-state index is 4.56. The summed E-state index contributed by atoms with van der Waals surface area (Å²) in [4.78, 5) is 4.56. The van der Waals surface area contributed by atoms with E-state index in [1.165, 1.54) is 18.6 Å². The summed E-state index contributed by atoms with van der Waals surface area (Å²) in [6.07, 6.45) is 4.74. The number of nitrogens with zero attached hydrogens (tertiary/aromatic N) is 2. The molecular formula is C16H19N3. The van der Waals surface area contributed by atoms with Gasteiger partial charge in [0.05, 0.1) is 5.52 Å². The molecule has 1 aliphatic rings. The minimum atomic E-state index is 0.824. The number of anilines is 1. The van der Waals surface area contributed by atoms with Crippen molar-refractivity contribution in [2.75, 3.05) is 5.43 Å². The van der Waals surface area contributed by atoms with E-state index in [9.17, 15) is 0 Å². The second-order valence-corrected chi connectivity index (χ2v) is 5.36. The third-order valence-corrected chi connectivity index (χ3v) is 3.78. The molecular weight excluding hydrogens is 234 g/mol. The van der Waals surface area contributed by atoms with E-state index in [4.69, 9.17) is 0 Å². The van der Waals surface area contributed by atoms with Crippen molar-refractivity contribution in [3.63, 3.8) is 0 Å². The Kier molecular flexibility index (Phi) is 3.45. The van der Waals surface area contributed by atoms with Crippen LogP contribution in [0.1, 0.15) is 32.6 Å². The van der Waals surface area contributed by atoms with Gasteiger partial charge < -0.3 is 0 Å². The Bertz CT molecular complexity index is 594. The number of nitrogens with one attached hydrogen (secondary N) is 1. The maximum absolute atomic E-state index is 4.56. The molecule has 0 saturated heterocycles. The standard InChI is InChI=1S/C16H19N3/c1-12-6-9-14(10-7-12)18-19-16-11-8-13-4-2-3-5-15(13)17-16/h2-5,8,11-12H,6-7,9-10H2,1H3,(H,17,19). The Morgan fingerprint density at radius 1 is 1.11 bits per heavy atom. The Morgan fingerprint density at radius 2 is 1.89 bits per heavy atom. The largest absolute Gasteiger partial charge is 0.261 e. The van der Waals surface area contributed by atoms with Crippen LogP contribution in [0.4, 0.5) is 5.82 Å². The third-order valence-electron chi connectivity index (χ3n) is 3.78. The van der Waals surface area contributed by atoms with Crippen molar-refractivity contribution >= 4 is 22.4 Å². The number of rotatable bonds is 2. The Balaban J connectivity index is 1.73. The van der Waals surface area contributed by atoms with Gasteiger partial charge in [-0.3, -0.25) is 5.43 Å². The molecule has 2 aromatic rings. The fraction of sp³-hybridized carbons (Fsp3) is 0.375. The highest BCUT2D eigenvalue weighted by atomic mass is 15.3. The summed E-state index contributed by atoms with van der Waals surface area (Å²) >= 11 is 0. The van der Waals surface area contributed by atoms with Gasteiger partial charge in [0.15, 0.2) is 0 Å². The number of hydrogen-bond donors (Lipinski definition) is 1. The molecule has 98 valence electrons. The fourth-order valence-electron chi connectivity index (χ4n) is 2.47. The average Bonchev–Trinajstić information content (AvgIpc) is 2.46. The first-order valence-corrected chi connectivity index (χ1v) is 6.98. The van der Waals surface area contributed by atoms with Gasteiger partial charge in [-0.25, -0.2) is 4.98 Å². The Hall–Kier alpha value is -1.90. The molecule has 19 heavy (non-hydrogen) atoms. The van der Waals surface area contributed by atoms with Gasteiger partial charge in [0.2, 0.25) is 0 Å². The number of pyridine rings is 1. The molecule has 1 aromatic carbocycles. The Labute approximate surface area is 113 Å². The van der Waals surface area contributed by atoms with Crippen molar-refractivity contribution in [1.29, 1.82) is 0 Å². The van der Waals surface area contributed by atoms with Crippen LogP contribution in [0, 0.1) is 5.92 Å². The summed E-state index contributed by atoms with van der Waals surface area (Å²) in [7, 11) is 0. The number of para-hydroxylation sites is 1.